The van der Waals surface area contributed by atoms with Crippen molar-refractivity contribution in [2.24, 2.45) is 0 Å². The molecular weight excluding hydrogens is 355 g/mol. The highest BCUT2D eigenvalue weighted by molar-refractivity contribution is 14.1. The van der Waals surface area contributed by atoms with E-state index in [1.54, 1.807) is 12.1 Å². The minimum Gasteiger partial charge on any atom is -0.478 e. The van der Waals surface area contributed by atoms with Gasteiger partial charge in [-0.1, -0.05) is 18.2 Å². The zero-order valence-electron chi connectivity index (χ0n) is 9.72. The highest BCUT2D eigenvalue weighted by Gasteiger charge is 2.13. The Kier molecular flexibility index (Phi) is 2.98. The molecule has 1 aromatic heterocycles. The molecule has 0 unspecified atom stereocenters. The van der Waals surface area contributed by atoms with E-state index in [4.69, 9.17) is 5.11 Å². The van der Waals surface area contributed by atoms with Crippen LogP contribution in [0.15, 0.2) is 42.5 Å². The predicted molar refractivity (Wildman–Crippen MR) is 81.2 cm³/mol. The van der Waals surface area contributed by atoms with Crippen LogP contribution >= 0.6 is 22.6 Å². The molecule has 19 heavy (non-hydrogen) atoms. The number of nitrogens with zero attached hydrogens (tertiary/aromatic N) is 1. The van der Waals surface area contributed by atoms with Crippen LogP contribution in [0.2, 0.25) is 0 Å². The molecule has 5 heteroatoms. The number of carboxylic acid groups (broad SMARTS) is 1. The van der Waals surface area contributed by atoms with Crippen LogP contribution in [-0.2, 0) is 0 Å². The van der Waals surface area contributed by atoms with Crippen LogP contribution in [0, 0.1) is 3.57 Å². The molecule has 0 aliphatic heterocycles. The summed E-state index contributed by atoms with van der Waals surface area (Å²) in [6.45, 7) is 0. The normalized spacial score (nSPS) is 10.8. The second-order valence-electron chi connectivity index (χ2n) is 4.10. The van der Waals surface area contributed by atoms with Gasteiger partial charge in [0.25, 0.3) is 0 Å². The van der Waals surface area contributed by atoms with E-state index in [9.17, 15) is 4.79 Å². The smallest absolute Gasteiger partial charge is 0.337 e. The second-order valence-corrected chi connectivity index (χ2v) is 5.35. The Morgan fingerprint density at radius 3 is 2.74 bits per heavy atom. The Morgan fingerprint density at radius 1 is 1.21 bits per heavy atom. The lowest BCUT2D eigenvalue weighted by molar-refractivity contribution is 0.0699. The fourth-order valence-electron chi connectivity index (χ4n) is 1.98. The van der Waals surface area contributed by atoms with Gasteiger partial charge in [0.1, 0.15) is 11.3 Å². The number of hydrogen-bond acceptors (Lipinski definition) is 2. The van der Waals surface area contributed by atoms with Crippen molar-refractivity contribution < 1.29 is 9.90 Å². The van der Waals surface area contributed by atoms with E-state index in [0.717, 1.165) is 14.7 Å². The molecule has 4 nitrogen and oxygen atoms in total. The average Bonchev–Trinajstić information content (AvgIpc) is 2.82. The van der Waals surface area contributed by atoms with E-state index in [-0.39, 0.29) is 5.56 Å². The number of H-pyrrole nitrogens is 1. The molecule has 0 amide bonds. The maximum absolute atomic E-state index is 11.2. The fourth-order valence-corrected chi connectivity index (χ4v) is 2.52. The third-order valence-corrected chi connectivity index (χ3v) is 3.51. The van der Waals surface area contributed by atoms with Crippen LogP contribution in [0.4, 0.5) is 0 Å². The van der Waals surface area contributed by atoms with Gasteiger partial charge in [-0.05, 0) is 46.9 Å². The molecular formula is C14H9IN2O2. The largest absolute Gasteiger partial charge is 0.478 e. The van der Waals surface area contributed by atoms with E-state index >= 15 is 0 Å². The monoisotopic (exact) mass is 364 g/mol. The minimum absolute atomic E-state index is 0.214. The SMILES string of the molecule is O=C(O)c1cccc2[nH]c(-c3cccc(I)c3)nc12. The van der Waals surface area contributed by atoms with E-state index in [0.29, 0.717) is 11.3 Å². The van der Waals surface area contributed by atoms with Crippen LogP contribution in [0.25, 0.3) is 22.4 Å². The van der Waals surface area contributed by atoms with Crippen molar-refractivity contribution in [1.82, 2.24) is 9.97 Å². The summed E-state index contributed by atoms with van der Waals surface area (Å²) in [7, 11) is 0. The highest BCUT2D eigenvalue weighted by atomic mass is 127. The Morgan fingerprint density at radius 2 is 2.00 bits per heavy atom. The first-order valence-electron chi connectivity index (χ1n) is 5.63. The maximum Gasteiger partial charge on any atom is 0.337 e. The summed E-state index contributed by atoms with van der Waals surface area (Å²) >= 11 is 2.23. The van der Waals surface area contributed by atoms with Gasteiger partial charge >= 0.3 is 5.97 Å². The van der Waals surface area contributed by atoms with E-state index in [1.807, 2.05) is 30.3 Å². The molecule has 0 aliphatic rings. The van der Waals surface area contributed by atoms with Crippen LogP contribution in [0.3, 0.4) is 0 Å². The van der Waals surface area contributed by atoms with Gasteiger partial charge < -0.3 is 10.1 Å². The number of fused-ring (bicyclic) bond motifs is 1. The van der Waals surface area contributed by atoms with Gasteiger partial charge in [-0.15, -0.1) is 0 Å². The Balaban J connectivity index is 2.22. The number of carboxylic acids is 1. The average molecular weight is 364 g/mol. The summed E-state index contributed by atoms with van der Waals surface area (Å²) in [4.78, 5) is 18.7. The van der Waals surface area contributed by atoms with Crippen molar-refractivity contribution in [2.45, 2.75) is 0 Å². The van der Waals surface area contributed by atoms with E-state index in [2.05, 4.69) is 32.6 Å². The van der Waals surface area contributed by atoms with Gasteiger partial charge in [0.15, 0.2) is 0 Å². The minimum atomic E-state index is -0.966. The van der Waals surface area contributed by atoms with Gasteiger partial charge in [-0.3, -0.25) is 0 Å². The van der Waals surface area contributed by atoms with Crippen molar-refractivity contribution in [3.05, 3.63) is 51.6 Å². The number of aromatic nitrogens is 2. The van der Waals surface area contributed by atoms with Crippen LogP contribution in [0.1, 0.15) is 10.4 Å². The molecule has 0 bridgehead atoms. The lowest BCUT2D eigenvalue weighted by Gasteiger charge is -1.96. The van der Waals surface area contributed by atoms with Crippen molar-refractivity contribution >= 4 is 39.6 Å². The number of carbonyl (C=O) groups is 1. The Hall–Kier alpha value is -1.89. The molecule has 3 aromatic rings. The van der Waals surface area contributed by atoms with Crippen molar-refractivity contribution in [1.29, 1.82) is 0 Å². The zero-order valence-corrected chi connectivity index (χ0v) is 11.9. The van der Waals surface area contributed by atoms with Gasteiger partial charge in [-0.25, -0.2) is 9.78 Å². The molecule has 2 aromatic carbocycles. The number of halogens is 1. The first-order valence-corrected chi connectivity index (χ1v) is 6.71. The molecule has 0 aliphatic carbocycles. The molecule has 1 heterocycles. The number of hydrogen-bond donors (Lipinski definition) is 2. The van der Waals surface area contributed by atoms with Crippen LogP contribution < -0.4 is 0 Å². The molecule has 0 saturated heterocycles. The standard InChI is InChI=1S/C14H9IN2O2/c15-9-4-1-3-8(7-9)13-16-11-6-2-5-10(14(18)19)12(11)17-13/h1-7H,(H,16,17)(H,18,19). The molecule has 0 radical (unpaired) electrons. The van der Waals surface area contributed by atoms with Crippen molar-refractivity contribution in [2.75, 3.05) is 0 Å². The molecule has 0 saturated carbocycles. The van der Waals surface area contributed by atoms with Crippen molar-refractivity contribution in [3.8, 4) is 11.4 Å². The first-order chi connectivity index (χ1) is 9.15. The summed E-state index contributed by atoms with van der Waals surface area (Å²) in [5, 5.41) is 9.15. The summed E-state index contributed by atoms with van der Waals surface area (Å²) in [5.74, 6) is -0.284. The summed E-state index contributed by atoms with van der Waals surface area (Å²) in [6.07, 6.45) is 0. The number of rotatable bonds is 2. The van der Waals surface area contributed by atoms with Gasteiger partial charge in [0, 0.05) is 9.13 Å². The summed E-state index contributed by atoms with van der Waals surface area (Å²) in [5.41, 5.74) is 2.38. The van der Waals surface area contributed by atoms with Crippen LogP contribution in [0.5, 0.6) is 0 Å². The Labute approximate surface area is 122 Å². The number of aromatic carboxylic acids is 1. The zero-order chi connectivity index (χ0) is 13.4. The van der Waals surface area contributed by atoms with E-state index < -0.39 is 5.97 Å². The van der Waals surface area contributed by atoms with Gasteiger partial charge in [0.05, 0.1) is 11.1 Å². The third kappa shape index (κ3) is 2.21. The third-order valence-electron chi connectivity index (χ3n) is 2.84. The second kappa shape index (κ2) is 4.65. The molecule has 3 rings (SSSR count). The summed E-state index contributed by atoms with van der Waals surface area (Å²) in [6, 6.07) is 13.0. The fraction of sp³-hybridized carbons (Fsp3) is 0. The van der Waals surface area contributed by atoms with Crippen LogP contribution in [-0.4, -0.2) is 21.0 Å². The molecule has 0 fully saturated rings. The molecule has 2 N–H and O–H groups in total. The predicted octanol–water partition coefficient (Wildman–Crippen LogP) is 3.53. The molecule has 94 valence electrons. The van der Waals surface area contributed by atoms with Gasteiger partial charge in [0.2, 0.25) is 0 Å². The van der Waals surface area contributed by atoms with Gasteiger partial charge in [-0.2, -0.15) is 0 Å². The van der Waals surface area contributed by atoms with Crippen molar-refractivity contribution in [3.63, 3.8) is 0 Å². The first kappa shape index (κ1) is 12.2. The number of nitrogens with one attached hydrogen (secondary N) is 1. The number of benzene rings is 2. The molecule has 0 atom stereocenters. The maximum atomic E-state index is 11.2. The topological polar surface area (TPSA) is 66.0 Å². The lowest BCUT2D eigenvalue weighted by Crippen LogP contribution is -1.96. The quantitative estimate of drug-likeness (QED) is 0.684. The highest BCUT2D eigenvalue weighted by Crippen LogP contribution is 2.23. The summed E-state index contributed by atoms with van der Waals surface area (Å²) < 4.78 is 1.11. The van der Waals surface area contributed by atoms with E-state index in [1.165, 1.54) is 0 Å². The Bertz CT molecular complexity index is 780. The number of aromatic amines is 1. The lowest BCUT2D eigenvalue weighted by atomic mass is 10.2. The number of imidazole rings is 1. The number of para-hydroxylation sites is 1. The molecule has 0 spiro atoms.